The molecule has 1 rings (SSSR count). The first kappa shape index (κ1) is 11.1. The maximum absolute atomic E-state index is 3.50. The van der Waals surface area contributed by atoms with E-state index < -0.39 is 0 Å². The Bertz CT molecular complexity index is 396. The smallest absolute Gasteiger partial charge is 0.0412 e. The largest absolute Gasteiger partial charge is 0.358 e. The van der Waals surface area contributed by atoms with Crippen molar-refractivity contribution in [3.05, 3.63) is 21.8 Å². The van der Waals surface area contributed by atoms with E-state index in [0.29, 0.717) is 0 Å². The van der Waals surface area contributed by atoms with E-state index in [1.807, 2.05) is 0 Å². The van der Waals surface area contributed by atoms with Gasteiger partial charge in [-0.1, -0.05) is 32.4 Å². The van der Waals surface area contributed by atoms with Gasteiger partial charge in [-0.3, -0.25) is 0 Å². The molecule has 0 saturated heterocycles. The molecular formula is C13H21N. The van der Waals surface area contributed by atoms with Crippen LogP contribution in [0.3, 0.4) is 0 Å². The molecule has 0 spiro atoms. The summed E-state index contributed by atoms with van der Waals surface area (Å²) >= 11 is 0. The van der Waals surface area contributed by atoms with Crippen molar-refractivity contribution in [3.63, 3.8) is 0 Å². The van der Waals surface area contributed by atoms with Gasteiger partial charge in [0, 0.05) is 11.0 Å². The molecule has 0 aliphatic rings. The lowest BCUT2D eigenvalue weighted by molar-refractivity contribution is 0.890. The molecule has 1 heteroatoms. The van der Waals surface area contributed by atoms with Crippen LogP contribution in [0.1, 0.15) is 45.4 Å². The second kappa shape index (κ2) is 5.04. The molecule has 78 valence electrons. The van der Waals surface area contributed by atoms with Crippen molar-refractivity contribution in [1.82, 2.24) is 4.98 Å². The predicted octanol–water partition coefficient (Wildman–Crippen LogP) is 2.13. The molecule has 0 aromatic carbocycles. The molecule has 1 nitrogen and oxygen atoms in total. The van der Waals surface area contributed by atoms with Gasteiger partial charge in [-0.15, -0.1) is 0 Å². The highest BCUT2D eigenvalue weighted by Crippen LogP contribution is 2.03. The van der Waals surface area contributed by atoms with Gasteiger partial charge in [-0.05, 0) is 37.5 Å². The van der Waals surface area contributed by atoms with E-state index >= 15 is 0 Å². The maximum Gasteiger partial charge on any atom is 0.0412 e. The Morgan fingerprint density at radius 2 is 1.86 bits per heavy atom. The molecule has 0 atom stereocenters. The van der Waals surface area contributed by atoms with Gasteiger partial charge in [0.1, 0.15) is 0 Å². The Hall–Kier alpha value is -0.980. The van der Waals surface area contributed by atoms with Crippen molar-refractivity contribution in [1.29, 1.82) is 0 Å². The molecule has 0 saturated carbocycles. The maximum atomic E-state index is 3.50. The molecule has 1 aromatic rings. The predicted molar refractivity (Wildman–Crippen MR) is 63.7 cm³/mol. The molecule has 0 aliphatic heterocycles. The highest BCUT2D eigenvalue weighted by Gasteiger charge is 2.04. The van der Waals surface area contributed by atoms with Crippen LogP contribution in [0, 0.1) is 0 Å². The van der Waals surface area contributed by atoms with Gasteiger partial charge in [-0.2, -0.15) is 0 Å². The van der Waals surface area contributed by atoms with E-state index in [2.05, 4.69) is 44.8 Å². The Morgan fingerprint density at radius 3 is 2.29 bits per heavy atom. The van der Waals surface area contributed by atoms with Gasteiger partial charge in [0.2, 0.25) is 0 Å². The van der Waals surface area contributed by atoms with Gasteiger partial charge < -0.3 is 4.98 Å². The average molecular weight is 191 g/mol. The van der Waals surface area contributed by atoms with E-state index in [4.69, 9.17) is 0 Å². The van der Waals surface area contributed by atoms with E-state index in [1.54, 1.807) is 0 Å². The fourth-order valence-corrected chi connectivity index (χ4v) is 2.03. The quantitative estimate of drug-likeness (QED) is 0.753. The molecule has 0 aliphatic carbocycles. The summed E-state index contributed by atoms with van der Waals surface area (Å²) in [5, 5.41) is 2.69. The van der Waals surface area contributed by atoms with Crippen LogP contribution in [0.15, 0.2) is 0 Å². The summed E-state index contributed by atoms with van der Waals surface area (Å²) in [5.41, 5.74) is 2.93. The number of H-pyrrole nitrogens is 1. The van der Waals surface area contributed by atoms with Crippen molar-refractivity contribution in [2.45, 2.75) is 47.0 Å². The van der Waals surface area contributed by atoms with E-state index in [-0.39, 0.29) is 0 Å². The lowest BCUT2D eigenvalue weighted by atomic mass is 10.1. The molecule has 0 unspecified atom stereocenters. The minimum Gasteiger partial charge on any atom is -0.358 e. The van der Waals surface area contributed by atoms with Crippen molar-refractivity contribution < 1.29 is 0 Å². The van der Waals surface area contributed by atoms with Crippen molar-refractivity contribution >= 4 is 12.2 Å². The first-order chi connectivity index (χ1) is 6.78. The van der Waals surface area contributed by atoms with Crippen molar-refractivity contribution in [3.8, 4) is 0 Å². The Morgan fingerprint density at radius 1 is 1.14 bits per heavy atom. The number of nitrogens with one attached hydrogen (secondary N) is 1. The highest BCUT2D eigenvalue weighted by atomic mass is 14.7. The fourth-order valence-electron chi connectivity index (χ4n) is 2.03. The SMILES string of the molecule is C/C=c1/c(CCC)c(CC)[nH]/c1=C/C. The highest BCUT2D eigenvalue weighted by molar-refractivity contribution is 5.35. The summed E-state index contributed by atoms with van der Waals surface area (Å²) in [6.07, 6.45) is 7.88. The van der Waals surface area contributed by atoms with Crippen LogP contribution in [0.4, 0.5) is 0 Å². The first-order valence-electron chi connectivity index (χ1n) is 5.60. The minimum atomic E-state index is 1.10. The number of aromatic amines is 1. The van der Waals surface area contributed by atoms with E-state index in [9.17, 15) is 0 Å². The Labute approximate surface area is 86.5 Å². The summed E-state index contributed by atoms with van der Waals surface area (Å²) in [4.78, 5) is 3.50. The zero-order valence-electron chi connectivity index (χ0n) is 9.78. The molecule has 1 N–H and O–H groups in total. The summed E-state index contributed by atoms with van der Waals surface area (Å²) in [6, 6.07) is 0. The average Bonchev–Trinajstić information content (AvgIpc) is 2.56. The lowest BCUT2D eigenvalue weighted by Crippen LogP contribution is -2.24. The normalized spacial score (nSPS) is 14.0. The molecule has 0 radical (unpaired) electrons. The van der Waals surface area contributed by atoms with Gasteiger partial charge >= 0.3 is 0 Å². The van der Waals surface area contributed by atoms with Crippen LogP contribution in [0.2, 0.25) is 0 Å². The van der Waals surface area contributed by atoms with E-state index in [0.717, 1.165) is 6.42 Å². The second-order valence-corrected chi connectivity index (χ2v) is 3.59. The third kappa shape index (κ3) is 1.92. The first-order valence-corrected chi connectivity index (χ1v) is 5.60. The molecule has 14 heavy (non-hydrogen) atoms. The fraction of sp³-hybridized carbons (Fsp3) is 0.538. The monoisotopic (exact) mass is 191 g/mol. The summed E-state index contributed by atoms with van der Waals surface area (Å²) in [7, 11) is 0. The molecular weight excluding hydrogens is 170 g/mol. The topological polar surface area (TPSA) is 15.8 Å². The number of rotatable bonds is 3. The lowest BCUT2D eigenvalue weighted by Gasteiger charge is -1.98. The van der Waals surface area contributed by atoms with Crippen LogP contribution >= 0.6 is 0 Å². The number of hydrogen-bond donors (Lipinski definition) is 1. The Balaban J connectivity index is 3.43. The van der Waals surface area contributed by atoms with Crippen molar-refractivity contribution in [2.75, 3.05) is 0 Å². The van der Waals surface area contributed by atoms with Crippen LogP contribution < -0.4 is 10.6 Å². The minimum absolute atomic E-state index is 1.10. The number of aryl methyl sites for hydroxylation is 1. The number of hydrogen-bond acceptors (Lipinski definition) is 0. The summed E-state index contributed by atoms with van der Waals surface area (Å²) < 4.78 is 0. The van der Waals surface area contributed by atoms with Gasteiger partial charge in [0.05, 0.1) is 0 Å². The van der Waals surface area contributed by atoms with Crippen LogP contribution in [-0.2, 0) is 12.8 Å². The molecule has 1 heterocycles. The summed E-state index contributed by atoms with van der Waals surface area (Å²) in [6.45, 7) is 8.66. The summed E-state index contributed by atoms with van der Waals surface area (Å²) in [5.74, 6) is 0. The van der Waals surface area contributed by atoms with Crippen LogP contribution in [-0.4, -0.2) is 4.98 Å². The van der Waals surface area contributed by atoms with Crippen LogP contribution in [0.5, 0.6) is 0 Å². The van der Waals surface area contributed by atoms with E-state index in [1.165, 1.54) is 34.7 Å². The third-order valence-electron chi connectivity index (χ3n) is 2.70. The van der Waals surface area contributed by atoms with Gasteiger partial charge in [-0.25, -0.2) is 0 Å². The molecule has 0 amide bonds. The number of aromatic nitrogens is 1. The third-order valence-corrected chi connectivity index (χ3v) is 2.70. The Kier molecular flexibility index (Phi) is 3.99. The van der Waals surface area contributed by atoms with Crippen LogP contribution in [0.25, 0.3) is 12.2 Å². The molecule has 0 fully saturated rings. The van der Waals surface area contributed by atoms with Crippen molar-refractivity contribution in [2.24, 2.45) is 0 Å². The standard InChI is InChI=1S/C13H21N/c1-5-9-11-10(6-2)12(7-3)14-13(11)8-4/h6-7,14H,5,8-9H2,1-4H3/b10-6-,12-7+. The zero-order valence-corrected chi connectivity index (χ0v) is 9.78. The van der Waals surface area contributed by atoms with Gasteiger partial charge in [0.25, 0.3) is 0 Å². The van der Waals surface area contributed by atoms with Gasteiger partial charge in [0.15, 0.2) is 0 Å². The molecule has 1 aromatic heterocycles. The second-order valence-electron chi connectivity index (χ2n) is 3.59. The molecule has 0 bridgehead atoms. The zero-order chi connectivity index (χ0) is 10.6.